The molecule has 0 bridgehead atoms. The van der Waals surface area contributed by atoms with Crippen molar-refractivity contribution in [3.05, 3.63) is 60.0 Å². The van der Waals surface area contributed by atoms with Crippen LogP contribution in [0.1, 0.15) is 11.5 Å². The number of oxazole rings is 1. The molecule has 3 nitrogen and oxygen atoms in total. The number of alkyl halides is 2. The lowest BCUT2D eigenvalue weighted by Gasteiger charge is -2.03. The van der Waals surface area contributed by atoms with Crippen molar-refractivity contribution in [2.24, 2.45) is 0 Å². The summed E-state index contributed by atoms with van der Waals surface area (Å²) >= 11 is 0. The minimum Gasteiger partial charge on any atom is -0.437 e. The Kier molecular flexibility index (Phi) is 3.64. The van der Waals surface area contributed by atoms with Gasteiger partial charge in [0.2, 0.25) is 5.89 Å². The van der Waals surface area contributed by atoms with E-state index in [1.165, 1.54) is 12.1 Å². The first-order chi connectivity index (χ1) is 10.2. The Morgan fingerprint density at radius 3 is 2.48 bits per heavy atom. The van der Waals surface area contributed by atoms with Crippen LogP contribution in [-0.4, -0.2) is 11.6 Å². The summed E-state index contributed by atoms with van der Waals surface area (Å²) in [6, 6.07) is 13.8. The van der Waals surface area contributed by atoms with Gasteiger partial charge >= 0.3 is 6.61 Å². The standard InChI is InChI=1S/C16H11F2NO2/c17-16(18)20-12-8-5-11(6-9-12)7-10-15-19-13-3-1-2-4-14(13)21-15/h1-10,16H/b10-7+. The molecule has 0 radical (unpaired) electrons. The first kappa shape index (κ1) is 13.3. The fourth-order valence-corrected chi connectivity index (χ4v) is 1.89. The molecule has 0 aliphatic carbocycles. The summed E-state index contributed by atoms with van der Waals surface area (Å²) in [5, 5.41) is 0. The minimum atomic E-state index is -2.81. The van der Waals surface area contributed by atoms with Crippen molar-refractivity contribution in [2.45, 2.75) is 6.61 Å². The van der Waals surface area contributed by atoms with Crippen molar-refractivity contribution in [2.75, 3.05) is 0 Å². The van der Waals surface area contributed by atoms with Crippen LogP contribution in [0.3, 0.4) is 0 Å². The van der Waals surface area contributed by atoms with Crippen molar-refractivity contribution in [1.82, 2.24) is 4.98 Å². The van der Waals surface area contributed by atoms with E-state index in [2.05, 4.69) is 9.72 Å². The highest BCUT2D eigenvalue weighted by molar-refractivity contribution is 5.75. The number of ether oxygens (including phenoxy) is 1. The molecule has 0 fully saturated rings. The quantitative estimate of drug-likeness (QED) is 0.703. The molecule has 3 rings (SSSR count). The maximum atomic E-state index is 12.0. The van der Waals surface area contributed by atoms with Crippen LogP contribution < -0.4 is 4.74 Å². The molecule has 0 amide bonds. The topological polar surface area (TPSA) is 35.3 Å². The van der Waals surface area contributed by atoms with Crippen LogP contribution in [0, 0.1) is 0 Å². The van der Waals surface area contributed by atoms with Crippen molar-refractivity contribution >= 4 is 23.3 Å². The first-order valence-corrected chi connectivity index (χ1v) is 6.29. The number of fused-ring (bicyclic) bond motifs is 1. The van der Waals surface area contributed by atoms with E-state index in [0.29, 0.717) is 5.89 Å². The second-order valence-electron chi connectivity index (χ2n) is 4.30. The zero-order chi connectivity index (χ0) is 14.7. The third kappa shape index (κ3) is 3.25. The third-order valence-corrected chi connectivity index (χ3v) is 2.83. The minimum absolute atomic E-state index is 0.129. The highest BCUT2D eigenvalue weighted by Gasteiger charge is 2.03. The molecule has 0 atom stereocenters. The summed E-state index contributed by atoms with van der Waals surface area (Å²) < 4.78 is 33.9. The number of hydrogen-bond acceptors (Lipinski definition) is 3. The lowest BCUT2D eigenvalue weighted by Crippen LogP contribution is -2.01. The molecule has 5 heteroatoms. The number of benzene rings is 2. The van der Waals surface area contributed by atoms with Crippen molar-refractivity contribution < 1.29 is 17.9 Å². The average molecular weight is 287 g/mol. The average Bonchev–Trinajstić information content (AvgIpc) is 2.89. The van der Waals surface area contributed by atoms with Gasteiger partial charge in [-0.25, -0.2) is 4.98 Å². The van der Waals surface area contributed by atoms with Gasteiger partial charge in [0.25, 0.3) is 0 Å². The Hall–Kier alpha value is -2.69. The van der Waals surface area contributed by atoms with E-state index >= 15 is 0 Å². The lowest BCUT2D eigenvalue weighted by atomic mass is 10.2. The zero-order valence-electron chi connectivity index (χ0n) is 10.9. The van der Waals surface area contributed by atoms with Crippen LogP contribution in [0.4, 0.5) is 8.78 Å². The summed E-state index contributed by atoms with van der Waals surface area (Å²) in [5.41, 5.74) is 2.34. The van der Waals surface area contributed by atoms with Gasteiger partial charge in [0, 0.05) is 6.08 Å². The van der Waals surface area contributed by atoms with Crippen LogP contribution in [0.15, 0.2) is 52.9 Å². The van der Waals surface area contributed by atoms with Gasteiger partial charge < -0.3 is 9.15 Å². The summed E-state index contributed by atoms with van der Waals surface area (Å²) in [7, 11) is 0. The molecule has 0 N–H and O–H groups in total. The van der Waals surface area contributed by atoms with Crippen molar-refractivity contribution in [3.63, 3.8) is 0 Å². The molecule has 0 spiro atoms. The highest BCUT2D eigenvalue weighted by atomic mass is 19.3. The Balaban J connectivity index is 1.76. The van der Waals surface area contributed by atoms with E-state index < -0.39 is 6.61 Å². The molecule has 3 aromatic rings. The van der Waals surface area contributed by atoms with Crippen LogP contribution in [0.25, 0.3) is 23.3 Å². The van der Waals surface area contributed by atoms with Crippen molar-refractivity contribution in [3.8, 4) is 5.75 Å². The fourth-order valence-electron chi connectivity index (χ4n) is 1.89. The molecule has 1 heterocycles. The smallest absolute Gasteiger partial charge is 0.387 e. The number of para-hydroxylation sites is 2. The van der Waals surface area contributed by atoms with Crippen LogP contribution >= 0.6 is 0 Å². The number of rotatable bonds is 4. The third-order valence-electron chi connectivity index (χ3n) is 2.83. The molecule has 1 aromatic heterocycles. The molecule has 0 aliphatic heterocycles. The van der Waals surface area contributed by atoms with Gasteiger partial charge in [-0.15, -0.1) is 0 Å². The maximum absolute atomic E-state index is 12.0. The van der Waals surface area contributed by atoms with Crippen molar-refractivity contribution in [1.29, 1.82) is 0 Å². The second-order valence-corrected chi connectivity index (χ2v) is 4.30. The van der Waals surface area contributed by atoms with Crippen LogP contribution in [0.5, 0.6) is 5.75 Å². The van der Waals surface area contributed by atoms with Crippen LogP contribution in [-0.2, 0) is 0 Å². The molecule has 106 valence electrons. The molecule has 0 saturated carbocycles. The van der Waals surface area contributed by atoms with Gasteiger partial charge in [0.1, 0.15) is 11.3 Å². The van der Waals surface area contributed by atoms with Gasteiger partial charge in [0.15, 0.2) is 5.58 Å². The predicted molar refractivity (Wildman–Crippen MR) is 76.0 cm³/mol. The second kappa shape index (κ2) is 5.75. The van der Waals surface area contributed by atoms with E-state index in [-0.39, 0.29) is 5.75 Å². The number of halogens is 2. The molecule has 21 heavy (non-hydrogen) atoms. The summed E-state index contributed by atoms with van der Waals surface area (Å²) in [4.78, 5) is 4.31. The van der Waals surface area contributed by atoms with E-state index in [0.717, 1.165) is 16.7 Å². The Labute approximate surface area is 119 Å². The number of aromatic nitrogens is 1. The molecule has 0 aliphatic rings. The van der Waals surface area contributed by atoms with Gasteiger partial charge in [0.05, 0.1) is 0 Å². The predicted octanol–water partition coefficient (Wildman–Crippen LogP) is 4.60. The largest absolute Gasteiger partial charge is 0.437 e. The summed E-state index contributed by atoms with van der Waals surface area (Å²) in [5.74, 6) is 0.619. The number of nitrogens with zero attached hydrogens (tertiary/aromatic N) is 1. The van der Waals surface area contributed by atoms with Gasteiger partial charge in [-0.05, 0) is 35.9 Å². The SMILES string of the molecule is FC(F)Oc1ccc(/C=C/c2nc3ccccc3o2)cc1. The Morgan fingerprint density at radius 1 is 1.00 bits per heavy atom. The van der Waals surface area contributed by atoms with Gasteiger partial charge in [-0.2, -0.15) is 8.78 Å². The van der Waals surface area contributed by atoms with Gasteiger partial charge in [-0.1, -0.05) is 24.3 Å². The van der Waals surface area contributed by atoms with E-state index in [9.17, 15) is 8.78 Å². The molecule has 0 saturated heterocycles. The van der Waals surface area contributed by atoms with Crippen LogP contribution in [0.2, 0.25) is 0 Å². The molecular formula is C16H11F2NO2. The summed E-state index contributed by atoms with van der Waals surface area (Å²) in [6.45, 7) is -2.81. The first-order valence-electron chi connectivity index (χ1n) is 6.29. The Bertz CT molecular complexity index is 730. The number of hydrogen-bond donors (Lipinski definition) is 0. The molecule has 0 unspecified atom stereocenters. The Morgan fingerprint density at radius 2 is 1.76 bits per heavy atom. The van der Waals surface area contributed by atoms with Gasteiger partial charge in [-0.3, -0.25) is 0 Å². The summed E-state index contributed by atoms with van der Waals surface area (Å²) in [6.07, 6.45) is 3.51. The normalized spacial score (nSPS) is 11.6. The maximum Gasteiger partial charge on any atom is 0.387 e. The molecule has 2 aromatic carbocycles. The zero-order valence-corrected chi connectivity index (χ0v) is 10.9. The van der Waals surface area contributed by atoms with E-state index in [1.54, 1.807) is 24.3 Å². The highest BCUT2D eigenvalue weighted by Crippen LogP contribution is 2.18. The van der Waals surface area contributed by atoms with E-state index in [1.807, 2.05) is 24.3 Å². The van der Waals surface area contributed by atoms with E-state index in [4.69, 9.17) is 4.42 Å². The monoisotopic (exact) mass is 287 g/mol. The molecular weight excluding hydrogens is 276 g/mol. The lowest BCUT2D eigenvalue weighted by molar-refractivity contribution is -0.0498. The fraction of sp³-hybridized carbons (Fsp3) is 0.0625.